The lowest BCUT2D eigenvalue weighted by atomic mass is 10.1. The van der Waals surface area contributed by atoms with Gasteiger partial charge in [-0.2, -0.15) is 13.2 Å². The van der Waals surface area contributed by atoms with Gasteiger partial charge in [0.25, 0.3) is 0 Å². The molecule has 0 bridgehead atoms. The van der Waals surface area contributed by atoms with Gasteiger partial charge in [0.1, 0.15) is 11.5 Å². The van der Waals surface area contributed by atoms with Crippen LogP contribution in [-0.2, 0) is 6.18 Å². The van der Waals surface area contributed by atoms with Gasteiger partial charge in [-0.15, -0.1) is 0 Å². The molecule has 0 atom stereocenters. The summed E-state index contributed by atoms with van der Waals surface area (Å²) in [6, 6.07) is 8.67. The topological polar surface area (TPSA) is 26.3 Å². The zero-order chi connectivity index (χ0) is 15.6. The van der Waals surface area contributed by atoms with Crippen LogP contribution in [0.3, 0.4) is 0 Å². The van der Waals surface area contributed by atoms with Gasteiger partial charge in [-0.05, 0) is 43.7 Å². The Morgan fingerprint density at radius 3 is 2.33 bits per heavy atom. The minimum Gasteiger partial charge on any atom is -0.457 e. The molecule has 2 aromatic rings. The minimum atomic E-state index is -4.60. The van der Waals surface area contributed by atoms with E-state index in [0.29, 0.717) is 5.75 Å². The highest BCUT2D eigenvalue weighted by atomic mass is 19.4. The van der Waals surface area contributed by atoms with Crippen molar-refractivity contribution in [2.75, 3.05) is 0 Å². The molecule has 0 amide bonds. The number of aryl methyl sites for hydroxylation is 2. The molecule has 0 N–H and O–H groups in total. The van der Waals surface area contributed by atoms with Gasteiger partial charge in [-0.3, -0.25) is 4.79 Å². The Balaban J connectivity index is 2.39. The molecule has 0 saturated carbocycles. The van der Waals surface area contributed by atoms with Crippen LogP contribution in [0.15, 0.2) is 36.4 Å². The SMILES string of the molecule is Cc1ccc(Oc2ccc(C=O)c(C(F)(F)F)c2)c(C)c1. The van der Waals surface area contributed by atoms with E-state index in [1.807, 2.05) is 26.0 Å². The van der Waals surface area contributed by atoms with Crippen molar-refractivity contribution >= 4 is 6.29 Å². The molecule has 0 spiro atoms. The Labute approximate surface area is 120 Å². The maximum atomic E-state index is 12.9. The van der Waals surface area contributed by atoms with Gasteiger partial charge in [0.2, 0.25) is 0 Å². The summed E-state index contributed by atoms with van der Waals surface area (Å²) in [4.78, 5) is 10.7. The summed E-state index contributed by atoms with van der Waals surface area (Å²) >= 11 is 0. The third-order valence-electron chi connectivity index (χ3n) is 3.02. The molecule has 110 valence electrons. The van der Waals surface area contributed by atoms with Crippen LogP contribution in [0.1, 0.15) is 27.0 Å². The molecule has 5 heteroatoms. The summed E-state index contributed by atoms with van der Waals surface area (Å²) in [6.45, 7) is 3.73. The van der Waals surface area contributed by atoms with Gasteiger partial charge in [0.15, 0.2) is 6.29 Å². The monoisotopic (exact) mass is 294 g/mol. The van der Waals surface area contributed by atoms with Crippen LogP contribution >= 0.6 is 0 Å². The van der Waals surface area contributed by atoms with Crippen molar-refractivity contribution in [2.45, 2.75) is 20.0 Å². The first-order valence-corrected chi connectivity index (χ1v) is 6.23. The summed E-state index contributed by atoms with van der Waals surface area (Å²) in [5.74, 6) is 0.521. The molecule has 2 nitrogen and oxygen atoms in total. The third kappa shape index (κ3) is 3.42. The average molecular weight is 294 g/mol. The number of carbonyl (C=O) groups excluding carboxylic acids is 1. The van der Waals surface area contributed by atoms with E-state index in [2.05, 4.69) is 0 Å². The standard InChI is InChI=1S/C16H13F3O2/c1-10-3-6-15(11(2)7-10)21-13-5-4-12(9-20)14(8-13)16(17,18)19/h3-9H,1-2H3. The van der Waals surface area contributed by atoms with Gasteiger partial charge in [-0.25, -0.2) is 0 Å². The highest BCUT2D eigenvalue weighted by Gasteiger charge is 2.33. The molecular weight excluding hydrogens is 281 g/mol. The number of aldehydes is 1. The molecule has 0 radical (unpaired) electrons. The predicted octanol–water partition coefficient (Wildman–Crippen LogP) is 4.93. The van der Waals surface area contributed by atoms with Crippen LogP contribution < -0.4 is 4.74 Å². The molecule has 0 heterocycles. The van der Waals surface area contributed by atoms with Gasteiger partial charge in [0, 0.05) is 5.56 Å². The molecule has 0 aromatic heterocycles. The van der Waals surface area contributed by atoms with Crippen LogP contribution in [0.4, 0.5) is 13.2 Å². The summed E-state index contributed by atoms with van der Waals surface area (Å²) in [5.41, 5.74) is 0.449. The van der Waals surface area contributed by atoms with E-state index in [-0.39, 0.29) is 12.0 Å². The van der Waals surface area contributed by atoms with Crippen LogP contribution in [0, 0.1) is 13.8 Å². The lowest BCUT2D eigenvalue weighted by Crippen LogP contribution is -2.09. The summed E-state index contributed by atoms with van der Waals surface area (Å²) < 4.78 is 44.1. The Bertz CT molecular complexity index is 676. The fraction of sp³-hybridized carbons (Fsp3) is 0.188. The van der Waals surface area contributed by atoms with E-state index in [1.165, 1.54) is 6.07 Å². The Kier molecular flexibility index (Phi) is 4.02. The molecule has 2 aromatic carbocycles. The molecule has 2 rings (SSSR count). The lowest BCUT2D eigenvalue weighted by molar-refractivity contribution is -0.137. The third-order valence-corrected chi connectivity index (χ3v) is 3.02. The summed E-state index contributed by atoms with van der Waals surface area (Å²) in [5, 5.41) is 0. The predicted molar refractivity (Wildman–Crippen MR) is 72.8 cm³/mol. The van der Waals surface area contributed by atoms with E-state index in [1.54, 1.807) is 6.07 Å². The number of hydrogen-bond acceptors (Lipinski definition) is 2. The number of rotatable bonds is 3. The van der Waals surface area contributed by atoms with Gasteiger partial charge in [0.05, 0.1) is 5.56 Å². The normalized spacial score (nSPS) is 11.3. The highest BCUT2D eigenvalue weighted by molar-refractivity contribution is 5.78. The second kappa shape index (κ2) is 5.60. The first-order valence-electron chi connectivity index (χ1n) is 6.23. The lowest BCUT2D eigenvalue weighted by Gasteiger charge is -2.13. The number of ether oxygens (including phenoxy) is 1. The molecule has 0 saturated heterocycles. The number of hydrogen-bond donors (Lipinski definition) is 0. The van der Waals surface area contributed by atoms with Crippen molar-refractivity contribution in [3.8, 4) is 11.5 Å². The quantitative estimate of drug-likeness (QED) is 0.750. The second-order valence-electron chi connectivity index (χ2n) is 4.74. The summed E-state index contributed by atoms with van der Waals surface area (Å²) in [7, 11) is 0. The zero-order valence-electron chi connectivity index (χ0n) is 11.5. The highest BCUT2D eigenvalue weighted by Crippen LogP contribution is 2.35. The van der Waals surface area contributed by atoms with Crippen LogP contribution in [-0.4, -0.2) is 6.29 Å². The smallest absolute Gasteiger partial charge is 0.417 e. The van der Waals surface area contributed by atoms with Crippen LogP contribution in [0.2, 0.25) is 0 Å². The second-order valence-corrected chi connectivity index (χ2v) is 4.74. The Morgan fingerprint density at radius 2 is 1.76 bits per heavy atom. The summed E-state index contributed by atoms with van der Waals surface area (Å²) in [6.07, 6.45) is -4.42. The van der Waals surface area contributed by atoms with E-state index in [4.69, 9.17) is 4.74 Å². The molecule has 0 aliphatic heterocycles. The molecule has 0 unspecified atom stereocenters. The Morgan fingerprint density at radius 1 is 1.05 bits per heavy atom. The molecule has 21 heavy (non-hydrogen) atoms. The zero-order valence-corrected chi connectivity index (χ0v) is 11.5. The minimum absolute atomic E-state index is 0.0416. The maximum Gasteiger partial charge on any atom is 0.417 e. The first kappa shape index (κ1) is 15.1. The van der Waals surface area contributed by atoms with Crippen molar-refractivity contribution < 1.29 is 22.7 Å². The van der Waals surface area contributed by atoms with Crippen LogP contribution in [0.25, 0.3) is 0 Å². The van der Waals surface area contributed by atoms with Gasteiger partial charge in [-0.1, -0.05) is 17.7 Å². The van der Waals surface area contributed by atoms with Crippen molar-refractivity contribution in [3.05, 3.63) is 58.7 Å². The molecule has 0 aliphatic rings. The molecule has 0 fully saturated rings. The van der Waals surface area contributed by atoms with Crippen molar-refractivity contribution in [3.63, 3.8) is 0 Å². The number of benzene rings is 2. The fourth-order valence-electron chi connectivity index (χ4n) is 1.99. The van der Waals surface area contributed by atoms with Gasteiger partial charge >= 0.3 is 6.18 Å². The van der Waals surface area contributed by atoms with E-state index in [0.717, 1.165) is 23.3 Å². The van der Waals surface area contributed by atoms with Crippen molar-refractivity contribution in [2.24, 2.45) is 0 Å². The average Bonchev–Trinajstić information content (AvgIpc) is 2.41. The molecular formula is C16H13F3O2. The van der Waals surface area contributed by atoms with E-state index >= 15 is 0 Å². The first-order chi connectivity index (χ1) is 9.81. The largest absolute Gasteiger partial charge is 0.457 e. The molecule has 0 aliphatic carbocycles. The van der Waals surface area contributed by atoms with E-state index in [9.17, 15) is 18.0 Å². The van der Waals surface area contributed by atoms with Gasteiger partial charge < -0.3 is 4.74 Å². The number of halogens is 3. The number of alkyl halides is 3. The van der Waals surface area contributed by atoms with Crippen molar-refractivity contribution in [1.82, 2.24) is 0 Å². The maximum absolute atomic E-state index is 12.9. The fourth-order valence-corrected chi connectivity index (χ4v) is 1.99. The van der Waals surface area contributed by atoms with Crippen LogP contribution in [0.5, 0.6) is 11.5 Å². The number of carbonyl (C=O) groups is 1. The Hall–Kier alpha value is -2.30. The van der Waals surface area contributed by atoms with E-state index < -0.39 is 17.3 Å². The van der Waals surface area contributed by atoms with Crippen molar-refractivity contribution in [1.29, 1.82) is 0 Å².